The van der Waals surface area contributed by atoms with Crippen LogP contribution >= 0.6 is 0 Å². The Morgan fingerprint density at radius 2 is 1.97 bits per heavy atom. The number of carbonyl (C=O) groups is 1. The first-order chi connectivity index (χ1) is 17.3. The van der Waals surface area contributed by atoms with Crippen LogP contribution < -0.4 is 15.6 Å². The van der Waals surface area contributed by atoms with Crippen molar-refractivity contribution in [1.29, 1.82) is 0 Å². The molecule has 1 amide bonds. The number of ether oxygens (including phenoxy) is 1. The topological polar surface area (TPSA) is 120 Å². The van der Waals surface area contributed by atoms with Crippen LogP contribution in [0.5, 0.6) is 5.75 Å². The zero-order chi connectivity index (χ0) is 27.1. The van der Waals surface area contributed by atoms with Crippen molar-refractivity contribution in [1.82, 2.24) is 14.7 Å². The Kier molecular flexibility index (Phi) is 6.80. The van der Waals surface area contributed by atoms with Gasteiger partial charge in [-0.2, -0.15) is 18.3 Å². The summed E-state index contributed by atoms with van der Waals surface area (Å²) in [6.45, 7) is 4.02. The fraction of sp³-hybridized carbons (Fsp3) is 0.375. The van der Waals surface area contributed by atoms with Crippen LogP contribution in [0, 0.1) is 10.1 Å². The monoisotopic (exact) mass is 519 g/mol. The molecule has 0 aliphatic carbocycles. The van der Waals surface area contributed by atoms with E-state index in [1.807, 2.05) is 0 Å². The summed E-state index contributed by atoms with van der Waals surface area (Å²) in [5.41, 5.74) is -2.20. The summed E-state index contributed by atoms with van der Waals surface area (Å²) in [7, 11) is 1.44. The number of nitro groups is 1. The molecule has 13 heteroatoms. The highest BCUT2D eigenvalue weighted by Gasteiger charge is 2.33. The molecule has 1 aliphatic rings. The number of alkyl halides is 3. The minimum Gasteiger partial charge on any atom is -0.488 e. The number of hydrogen-bond donors (Lipinski definition) is 1. The number of anilines is 1. The second kappa shape index (κ2) is 9.71. The molecule has 4 rings (SSSR count). The number of carbonyl (C=O) groups excluding carboxylic acids is 1. The van der Waals surface area contributed by atoms with Gasteiger partial charge >= 0.3 is 6.18 Å². The van der Waals surface area contributed by atoms with Crippen LogP contribution in [-0.2, 0) is 18.0 Å². The molecule has 2 aromatic carbocycles. The number of non-ortho nitro benzene ring substituents is 1. The molecule has 10 nitrogen and oxygen atoms in total. The van der Waals surface area contributed by atoms with Gasteiger partial charge < -0.3 is 15.0 Å². The maximum Gasteiger partial charge on any atom is 0.416 e. The quantitative estimate of drug-likeness (QED) is 0.386. The highest BCUT2D eigenvalue weighted by molar-refractivity contribution is 5.92. The number of nitrogens with zero attached hydrogens (tertiary/aromatic N) is 4. The molecule has 2 atom stereocenters. The lowest BCUT2D eigenvalue weighted by Crippen LogP contribution is -2.28. The molecule has 0 radical (unpaired) electrons. The molecule has 3 aromatic rings. The Morgan fingerprint density at radius 3 is 2.59 bits per heavy atom. The summed E-state index contributed by atoms with van der Waals surface area (Å²) in [6, 6.07) is 6.34. The smallest absolute Gasteiger partial charge is 0.416 e. The van der Waals surface area contributed by atoms with E-state index in [0.29, 0.717) is 42.1 Å². The number of aryl methyl sites for hydroxylation is 1. The van der Waals surface area contributed by atoms with E-state index < -0.39 is 34.0 Å². The predicted octanol–water partition coefficient (Wildman–Crippen LogP) is 4.03. The van der Waals surface area contributed by atoms with Gasteiger partial charge in [0.05, 0.1) is 28.5 Å². The lowest BCUT2D eigenvalue weighted by Gasteiger charge is -2.19. The summed E-state index contributed by atoms with van der Waals surface area (Å²) < 4.78 is 47.2. The van der Waals surface area contributed by atoms with Gasteiger partial charge in [-0.05, 0) is 36.8 Å². The average Bonchev–Trinajstić information content (AvgIpc) is 3.30. The Balaban J connectivity index is 1.69. The molecule has 1 N–H and O–H groups in total. The molecule has 1 unspecified atom stereocenters. The molecule has 2 heterocycles. The predicted molar refractivity (Wildman–Crippen MR) is 128 cm³/mol. The van der Waals surface area contributed by atoms with Crippen molar-refractivity contribution >= 4 is 28.2 Å². The summed E-state index contributed by atoms with van der Waals surface area (Å²) in [5, 5.41) is 19.1. The SMILES string of the molecule is CC(=O)N1CC[C@H](Oc2ccc3c(=O)n(C)nc(NC(C)c4cc([N+](=O)[O-])cc(C(F)(F)F)c4)c3c2)C1. The van der Waals surface area contributed by atoms with E-state index in [1.165, 1.54) is 20.9 Å². The molecule has 0 bridgehead atoms. The first-order valence-electron chi connectivity index (χ1n) is 11.4. The van der Waals surface area contributed by atoms with Crippen molar-refractivity contribution in [2.75, 3.05) is 18.4 Å². The fourth-order valence-corrected chi connectivity index (χ4v) is 4.25. The molecule has 1 fully saturated rings. The average molecular weight is 519 g/mol. The largest absolute Gasteiger partial charge is 0.488 e. The van der Waals surface area contributed by atoms with Crippen LogP contribution in [0.15, 0.2) is 41.2 Å². The van der Waals surface area contributed by atoms with Crippen molar-refractivity contribution < 1.29 is 27.6 Å². The minimum atomic E-state index is -4.77. The van der Waals surface area contributed by atoms with Crippen LogP contribution in [0.2, 0.25) is 0 Å². The van der Waals surface area contributed by atoms with Gasteiger partial charge in [-0.3, -0.25) is 19.7 Å². The van der Waals surface area contributed by atoms with Gasteiger partial charge in [0.15, 0.2) is 5.82 Å². The Bertz CT molecular complexity index is 1440. The van der Waals surface area contributed by atoms with E-state index in [4.69, 9.17) is 4.74 Å². The van der Waals surface area contributed by atoms with Crippen molar-refractivity contribution in [2.24, 2.45) is 7.05 Å². The number of benzene rings is 2. The Labute approximate surface area is 208 Å². The van der Waals surface area contributed by atoms with Crippen LogP contribution in [0.25, 0.3) is 10.8 Å². The molecule has 0 spiro atoms. The second-order valence-electron chi connectivity index (χ2n) is 8.91. The van der Waals surface area contributed by atoms with Crippen molar-refractivity contribution in [3.63, 3.8) is 0 Å². The van der Waals surface area contributed by atoms with Crippen LogP contribution in [0.4, 0.5) is 24.7 Å². The van der Waals surface area contributed by atoms with Crippen LogP contribution in [-0.4, -0.2) is 44.7 Å². The fourth-order valence-electron chi connectivity index (χ4n) is 4.25. The standard InChI is InChI=1S/C24H24F3N5O5/c1-13(15-8-16(24(25,26)27)10-17(9-15)32(35)36)28-22-21-11-18(4-5-20(21)23(34)30(3)29-22)37-19-6-7-31(12-19)14(2)33/h4-5,8-11,13,19H,6-7,12H2,1-3H3,(H,28,29)/t13?,19-/m0/s1. The number of rotatable bonds is 6. The summed E-state index contributed by atoms with van der Waals surface area (Å²) in [4.78, 5) is 36.3. The Hall–Kier alpha value is -4.16. The van der Waals surface area contributed by atoms with Crippen molar-refractivity contribution in [3.05, 3.63) is 68.0 Å². The first-order valence-corrected chi connectivity index (χ1v) is 11.4. The highest BCUT2D eigenvalue weighted by Crippen LogP contribution is 2.35. The number of amides is 1. The zero-order valence-corrected chi connectivity index (χ0v) is 20.2. The number of aromatic nitrogens is 2. The number of likely N-dealkylation sites (tertiary alicyclic amines) is 1. The first kappa shape index (κ1) is 25.9. The number of fused-ring (bicyclic) bond motifs is 1. The third kappa shape index (κ3) is 5.49. The van der Waals surface area contributed by atoms with E-state index in [2.05, 4.69) is 10.4 Å². The third-order valence-corrected chi connectivity index (χ3v) is 6.25. The molecular weight excluding hydrogens is 495 g/mol. The van der Waals surface area contributed by atoms with E-state index in [1.54, 1.807) is 23.1 Å². The maximum atomic E-state index is 13.4. The normalized spacial score (nSPS) is 16.6. The van der Waals surface area contributed by atoms with Gasteiger partial charge in [0.1, 0.15) is 11.9 Å². The number of halogens is 3. The summed E-state index contributed by atoms with van der Waals surface area (Å²) >= 11 is 0. The number of hydrogen-bond acceptors (Lipinski definition) is 7. The molecule has 1 aromatic heterocycles. The van der Waals surface area contributed by atoms with Gasteiger partial charge in [-0.1, -0.05) is 0 Å². The van der Waals surface area contributed by atoms with Crippen molar-refractivity contribution in [2.45, 2.75) is 38.6 Å². The van der Waals surface area contributed by atoms with Gasteiger partial charge in [-0.15, -0.1) is 0 Å². The van der Waals surface area contributed by atoms with Crippen LogP contribution in [0.3, 0.4) is 0 Å². The molecule has 1 aliphatic heterocycles. The van der Waals surface area contributed by atoms with Gasteiger partial charge in [0.2, 0.25) is 5.91 Å². The van der Waals surface area contributed by atoms with Gasteiger partial charge in [0.25, 0.3) is 11.2 Å². The lowest BCUT2D eigenvalue weighted by molar-refractivity contribution is -0.385. The highest BCUT2D eigenvalue weighted by atomic mass is 19.4. The molecule has 37 heavy (non-hydrogen) atoms. The lowest BCUT2D eigenvalue weighted by atomic mass is 10.0. The maximum absolute atomic E-state index is 13.4. The summed E-state index contributed by atoms with van der Waals surface area (Å²) in [5.74, 6) is 0.572. The minimum absolute atomic E-state index is 0.0213. The molecular formula is C24H24F3N5O5. The zero-order valence-electron chi connectivity index (χ0n) is 20.2. The van der Waals surface area contributed by atoms with E-state index in [0.717, 1.165) is 16.8 Å². The van der Waals surface area contributed by atoms with Crippen LogP contribution in [0.1, 0.15) is 37.4 Å². The van der Waals surface area contributed by atoms with Gasteiger partial charge in [0, 0.05) is 44.5 Å². The summed E-state index contributed by atoms with van der Waals surface area (Å²) in [6.07, 6.45) is -4.36. The molecule has 1 saturated heterocycles. The van der Waals surface area contributed by atoms with E-state index >= 15 is 0 Å². The molecule has 0 saturated carbocycles. The van der Waals surface area contributed by atoms with Crippen molar-refractivity contribution in [3.8, 4) is 5.75 Å². The van der Waals surface area contributed by atoms with Gasteiger partial charge in [-0.25, -0.2) is 4.68 Å². The molecule has 196 valence electrons. The second-order valence-corrected chi connectivity index (χ2v) is 8.91. The number of nitro benzene ring substituents is 1. The third-order valence-electron chi connectivity index (χ3n) is 6.25. The Morgan fingerprint density at radius 1 is 1.24 bits per heavy atom. The van der Waals surface area contributed by atoms with E-state index in [9.17, 15) is 32.9 Å². The number of nitrogens with one attached hydrogen (secondary N) is 1. The van der Waals surface area contributed by atoms with E-state index in [-0.39, 0.29) is 23.4 Å².